The maximum Gasteiger partial charge on any atom is 0.246 e. The highest BCUT2D eigenvalue weighted by molar-refractivity contribution is 6.13. The Kier molecular flexibility index (Phi) is 4.49. The average Bonchev–Trinajstić information content (AvgIpc) is 3.48. The summed E-state index contributed by atoms with van der Waals surface area (Å²) in [5.41, 5.74) is 4.75. The van der Waals surface area contributed by atoms with Crippen molar-refractivity contribution in [3.63, 3.8) is 0 Å². The van der Waals surface area contributed by atoms with E-state index in [0.29, 0.717) is 12.5 Å². The molecule has 0 bridgehead atoms. The third-order valence-corrected chi connectivity index (χ3v) is 5.72. The minimum Gasteiger partial charge on any atom is -0.371 e. The first kappa shape index (κ1) is 17.8. The fourth-order valence-electron chi connectivity index (χ4n) is 4.16. The van der Waals surface area contributed by atoms with Gasteiger partial charge in [0.2, 0.25) is 5.91 Å². The second-order valence-electron chi connectivity index (χ2n) is 7.68. The number of benzene rings is 3. The number of carbonyl (C=O) groups is 1. The van der Waals surface area contributed by atoms with Gasteiger partial charge in [-0.15, -0.1) is 0 Å². The summed E-state index contributed by atoms with van der Waals surface area (Å²) in [6.07, 6.45) is 0.913. The molecule has 3 aromatic rings. The monoisotopic (exact) mass is 382 g/mol. The zero-order valence-electron chi connectivity index (χ0n) is 16.0. The molecule has 5 rings (SSSR count). The Hall–Kier alpha value is -3.24. The summed E-state index contributed by atoms with van der Waals surface area (Å²) in [6.45, 7) is 0.758. The highest BCUT2D eigenvalue weighted by Gasteiger charge is 2.57. The number of nitrogens with zero attached hydrogens (tertiary/aromatic N) is 1. The second kappa shape index (κ2) is 7.30. The Bertz CT molecular complexity index is 1020. The molecular weight excluding hydrogens is 360 g/mol. The SMILES string of the molecule is O=C1COC[C@@H]2C[C@]2(c2cccc(N=C(c3ccccc3)c3ccccc3)c2)N1. The lowest BCUT2D eigenvalue weighted by atomic mass is 10.0. The maximum atomic E-state index is 12.1. The average molecular weight is 382 g/mol. The number of hydrogen-bond acceptors (Lipinski definition) is 3. The van der Waals surface area contributed by atoms with Gasteiger partial charge in [-0.3, -0.25) is 4.79 Å². The maximum absolute atomic E-state index is 12.1. The van der Waals surface area contributed by atoms with Crippen LogP contribution >= 0.6 is 0 Å². The van der Waals surface area contributed by atoms with E-state index < -0.39 is 0 Å². The Morgan fingerprint density at radius 3 is 2.31 bits per heavy atom. The first-order valence-corrected chi connectivity index (χ1v) is 9.93. The predicted octanol–water partition coefficient (Wildman–Crippen LogP) is 4.22. The van der Waals surface area contributed by atoms with Gasteiger partial charge in [-0.25, -0.2) is 4.99 Å². The van der Waals surface area contributed by atoms with E-state index in [1.807, 2.05) is 48.5 Å². The van der Waals surface area contributed by atoms with Gasteiger partial charge in [0.25, 0.3) is 0 Å². The standard InChI is InChI=1S/C25H22N2O2/c28-23-17-29-16-21-15-25(21,27-23)20-12-7-13-22(14-20)26-24(18-8-3-1-4-9-18)19-10-5-2-6-11-19/h1-14,21H,15-17H2,(H,27,28)/t21-,25+/m0/s1. The fourth-order valence-corrected chi connectivity index (χ4v) is 4.16. The molecule has 0 aromatic heterocycles. The van der Waals surface area contributed by atoms with E-state index in [1.54, 1.807) is 0 Å². The number of ether oxygens (including phenoxy) is 1. The number of nitrogens with one attached hydrogen (secondary N) is 1. The number of amides is 1. The normalized spacial score (nSPS) is 22.8. The van der Waals surface area contributed by atoms with Crippen LogP contribution in [0.3, 0.4) is 0 Å². The van der Waals surface area contributed by atoms with Gasteiger partial charge < -0.3 is 10.1 Å². The minimum absolute atomic E-state index is 0.0480. The van der Waals surface area contributed by atoms with Crippen LogP contribution in [0.1, 0.15) is 23.1 Å². The van der Waals surface area contributed by atoms with Crippen LogP contribution in [0.4, 0.5) is 5.69 Å². The van der Waals surface area contributed by atoms with Gasteiger partial charge >= 0.3 is 0 Å². The molecule has 1 N–H and O–H groups in total. The largest absolute Gasteiger partial charge is 0.371 e. The summed E-state index contributed by atoms with van der Waals surface area (Å²) in [4.78, 5) is 17.1. The Morgan fingerprint density at radius 1 is 0.931 bits per heavy atom. The zero-order chi connectivity index (χ0) is 19.7. The summed E-state index contributed by atoms with van der Waals surface area (Å²) >= 11 is 0. The summed E-state index contributed by atoms with van der Waals surface area (Å²) in [5, 5.41) is 3.18. The van der Waals surface area contributed by atoms with Crippen LogP contribution in [0, 0.1) is 5.92 Å². The van der Waals surface area contributed by atoms with Gasteiger partial charge in [-0.1, -0.05) is 72.8 Å². The molecule has 4 nitrogen and oxygen atoms in total. The second-order valence-corrected chi connectivity index (χ2v) is 7.68. The Balaban J connectivity index is 1.56. The zero-order valence-corrected chi connectivity index (χ0v) is 16.0. The molecule has 29 heavy (non-hydrogen) atoms. The van der Waals surface area contributed by atoms with Crippen LogP contribution in [-0.2, 0) is 15.1 Å². The van der Waals surface area contributed by atoms with Crippen LogP contribution in [-0.4, -0.2) is 24.8 Å². The van der Waals surface area contributed by atoms with E-state index in [4.69, 9.17) is 9.73 Å². The van der Waals surface area contributed by atoms with Crippen molar-refractivity contribution in [3.8, 4) is 0 Å². The van der Waals surface area contributed by atoms with Crippen molar-refractivity contribution in [1.29, 1.82) is 0 Å². The Labute approximate surface area is 170 Å². The van der Waals surface area contributed by atoms with E-state index in [9.17, 15) is 4.79 Å². The third kappa shape index (κ3) is 3.47. The van der Waals surface area contributed by atoms with Crippen LogP contribution in [0.15, 0.2) is 89.9 Å². The fraction of sp³-hybridized carbons (Fsp3) is 0.200. The Morgan fingerprint density at radius 2 is 1.62 bits per heavy atom. The van der Waals surface area contributed by atoms with Crippen molar-refractivity contribution in [2.75, 3.05) is 13.2 Å². The summed E-state index contributed by atoms with van der Waals surface area (Å²) in [5.74, 6) is 0.282. The lowest BCUT2D eigenvalue weighted by Crippen LogP contribution is -2.36. The smallest absolute Gasteiger partial charge is 0.246 e. The van der Waals surface area contributed by atoms with Gasteiger partial charge in [0.1, 0.15) is 6.61 Å². The first-order chi connectivity index (χ1) is 14.2. The van der Waals surface area contributed by atoms with Gasteiger partial charge in [-0.2, -0.15) is 0 Å². The van der Waals surface area contributed by atoms with E-state index >= 15 is 0 Å². The molecule has 1 saturated heterocycles. The molecule has 0 unspecified atom stereocenters. The molecule has 0 radical (unpaired) electrons. The van der Waals surface area contributed by atoms with Crippen molar-refractivity contribution in [2.24, 2.45) is 10.9 Å². The van der Waals surface area contributed by atoms with E-state index in [0.717, 1.165) is 34.5 Å². The molecule has 4 heteroatoms. The van der Waals surface area contributed by atoms with Crippen molar-refractivity contribution >= 4 is 17.3 Å². The summed E-state index contributed by atoms with van der Waals surface area (Å²) in [6, 6.07) is 28.6. The van der Waals surface area contributed by atoms with Crippen molar-refractivity contribution < 1.29 is 9.53 Å². The highest BCUT2D eigenvalue weighted by Crippen LogP contribution is 2.53. The summed E-state index contributed by atoms with van der Waals surface area (Å²) < 4.78 is 5.48. The van der Waals surface area contributed by atoms with Gasteiger partial charge in [0.05, 0.1) is 23.5 Å². The molecule has 1 aliphatic heterocycles. The third-order valence-electron chi connectivity index (χ3n) is 5.72. The van der Waals surface area contributed by atoms with Crippen LogP contribution in [0.5, 0.6) is 0 Å². The number of aliphatic imine (C=N–C) groups is 1. The van der Waals surface area contributed by atoms with Crippen molar-refractivity contribution in [3.05, 3.63) is 102 Å². The molecule has 2 fully saturated rings. The quantitative estimate of drug-likeness (QED) is 0.687. The van der Waals surface area contributed by atoms with Crippen molar-refractivity contribution in [1.82, 2.24) is 5.32 Å². The van der Waals surface area contributed by atoms with E-state index in [-0.39, 0.29) is 18.1 Å². The lowest BCUT2D eigenvalue weighted by molar-refractivity contribution is -0.125. The molecule has 2 aliphatic rings. The van der Waals surface area contributed by atoms with E-state index in [1.165, 1.54) is 0 Å². The lowest BCUT2D eigenvalue weighted by Gasteiger charge is -2.18. The number of carbonyl (C=O) groups excluding carboxylic acids is 1. The number of fused-ring (bicyclic) bond motifs is 1. The van der Waals surface area contributed by atoms with Crippen LogP contribution in [0.25, 0.3) is 0 Å². The predicted molar refractivity (Wildman–Crippen MR) is 113 cm³/mol. The molecule has 1 aliphatic carbocycles. The first-order valence-electron chi connectivity index (χ1n) is 9.93. The molecule has 1 saturated carbocycles. The summed E-state index contributed by atoms with van der Waals surface area (Å²) in [7, 11) is 0. The van der Waals surface area contributed by atoms with Gasteiger partial charge in [0.15, 0.2) is 0 Å². The van der Waals surface area contributed by atoms with E-state index in [2.05, 4.69) is 41.7 Å². The molecule has 3 aromatic carbocycles. The van der Waals surface area contributed by atoms with Crippen LogP contribution < -0.4 is 5.32 Å². The van der Waals surface area contributed by atoms with Gasteiger partial charge in [0, 0.05) is 17.0 Å². The van der Waals surface area contributed by atoms with Crippen molar-refractivity contribution in [2.45, 2.75) is 12.0 Å². The number of hydrogen-bond donors (Lipinski definition) is 1. The molecule has 0 spiro atoms. The molecule has 2 atom stereocenters. The minimum atomic E-state index is -0.307. The highest BCUT2D eigenvalue weighted by atomic mass is 16.5. The molecule has 144 valence electrons. The van der Waals surface area contributed by atoms with Gasteiger partial charge in [-0.05, 0) is 24.1 Å². The molecule has 1 heterocycles. The topological polar surface area (TPSA) is 50.7 Å². The number of rotatable bonds is 4. The van der Waals surface area contributed by atoms with Crippen LogP contribution in [0.2, 0.25) is 0 Å². The molecule has 1 amide bonds. The molecular formula is C25H22N2O2.